The van der Waals surface area contributed by atoms with Crippen molar-refractivity contribution in [2.45, 2.75) is 6.92 Å². The monoisotopic (exact) mass is 303 g/mol. The van der Waals surface area contributed by atoms with Crippen molar-refractivity contribution < 1.29 is 14.9 Å². The molecule has 0 atom stereocenters. The minimum Gasteiger partial charge on any atom is -0.497 e. The van der Waals surface area contributed by atoms with Crippen molar-refractivity contribution in [1.29, 1.82) is 0 Å². The van der Waals surface area contributed by atoms with E-state index in [1.807, 2.05) is 25.1 Å². The highest BCUT2D eigenvalue weighted by Gasteiger charge is 2.22. The molecule has 17 heavy (non-hydrogen) atoms. The summed E-state index contributed by atoms with van der Waals surface area (Å²) in [6.07, 6.45) is 0. The molecule has 4 nitrogen and oxygen atoms in total. The van der Waals surface area contributed by atoms with Crippen LogP contribution >= 0.6 is 15.9 Å². The first-order valence-corrected chi connectivity index (χ1v) is 6.13. The maximum Gasteiger partial charge on any atom is 0.121 e. The van der Waals surface area contributed by atoms with Crippen molar-refractivity contribution >= 4 is 21.6 Å². The standard InChI is InChI=1S/C12H18BrNO3/c1-12(7-15,8-16)6-14-11-5-9(17-2)3-4-10(11)13/h3-5,14-16H,6-8H2,1-2H3. The summed E-state index contributed by atoms with van der Waals surface area (Å²) in [5.74, 6) is 0.755. The van der Waals surface area contributed by atoms with Gasteiger partial charge in [-0.15, -0.1) is 0 Å². The van der Waals surface area contributed by atoms with Crippen molar-refractivity contribution in [1.82, 2.24) is 0 Å². The van der Waals surface area contributed by atoms with Crippen LogP contribution in [0.2, 0.25) is 0 Å². The van der Waals surface area contributed by atoms with E-state index in [2.05, 4.69) is 21.2 Å². The zero-order chi connectivity index (χ0) is 12.9. The number of nitrogens with one attached hydrogen (secondary N) is 1. The average molecular weight is 304 g/mol. The Bertz CT molecular complexity index is 367. The van der Waals surface area contributed by atoms with Crippen molar-refractivity contribution in [2.24, 2.45) is 5.41 Å². The Morgan fingerprint density at radius 1 is 1.35 bits per heavy atom. The fraction of sp³-hybridized carbons (Fsp3) is 0.500. The summed E-state index contributed by atoms with van der Waals surface area (Å²) < 4.78 is 6.05. The molecule has 0 aliphatic heterocycles. The van der Waals surface area contributed by atoms with Gasteiger partial charge in [0.25, 0.3) is 0 Å². The van der Waals surface area contributed by atoms with Gasteiger partial charge in [0.15, 0.2) is 0 Å². The predicted molar refractivity (Wildman–Crippen MR) is 71.5 cm³/mol. The molecule has 0 unspecified atom stereocenters. The quantitative estimate of drug-likeness (QED) is 0.751. The fourth-order valence-electron chi connectivity index (χ4n) is 1.24. The Hall–Kier alpha value is -0.780. The van der Waals surface area contributed by atoms with Crippen LogP contribution in [0.1, 0.15) is 6.92 Å². The lowest BCUT2D eigenvalue weighted by Crippen LogP contribution is -2.34. The molecule has 0 amide bonds. The molecule has 0 spiro atoms. The highest BCUT2D eigenvalue weighted by atomic mass is 79.9. The maximum atomic E-state index is 9.20. The van der Waals surface area contributed by atoms with Crippen LogP contribution in [0.4, 0.5) is 5.69 Å². The van der Waals surface area contributed by atoms with Crippen molar-refractivity contribution in [3.8, 4) is 5.75 Å². The molecule has 1 aromatic rings. The second kappa shape index (κ2) is 6.23. The number of methoxy groups -OCH3 is 1. The molecule has 3 N–H and O–H groups in total. The average Bonchev–Trinajstić information content (AvgIpc) is 2.37. The second-order valence-corrected chi connectivity index (χ2v) is 5.18. The third-order valence-corrected chi connectivity index (χ3v) is 3.33. The van der Waals surface area contributed by atoms with E-state index >= 15 is 0 Å². The van der Waals surface area contributed by atoms with Gasteiger partial charge >= 0.3 is 0 Å². The lowest BCUT2D eigenvalue weighted by atomic mass is 9.93. The van der Waals surface area contributed by atoms with Gasteiger partial charge in [-0.05, 0) is 28.1 Å². The zero-order valence-electron chi connectivity index (χ0n) is 10.0. The van der Waals surface area contributed by atoms with E-state index in [-0.39, 0.29) is 13.2 Å². The first-order valence-electron chi connectivity index (χ1n) is 5.34. The van der Waals surface area contributed by atoms with Crippen LogP contribution in [0.3, 0.4) is 0 Å². The molecule has 0 radical (unpaired) electrons. The SMILES string of the molecule is COc1ccc(Br)c(NCC(C)(CO)CO)c1. The molecule has 96 valence electrons. The van der Waals surface area contributed by atoms with Crippen LogP contribution in [0, 0.1) is 5.41 Å². The highest BCUT2D eigenvalue weighted by Crippen LogP contribution is 2.28. The Labute approximate surface area is 110 Å². The summed E-state index contributed by atoms with van der Waals surface area (Å²) in [5, 5.41) is 21.6. The van der Waals surface area contributed by atoms with Gasteiger partial charge < -0.3 is 20.3 Å². The molecule has 0 fully saturated rings. The van der Waals surface area contributed by atoms with E-state index in [0.29, 0.717) is 6.54 Å². The van der Waals surface area contributed by atoms with Crippen LogP contribution in [0.15, 0.2) is 22.7 Å². The third-order valence-electron chi connectivity index (χ3n) is 2.64. The fourth-order valence-corrected chi connectivity index (χ4v) is 1.62. The van der Waals surface area contributed by atoms with Crippen LogP contribution in [0.25, 0.3) is 0 Å². The Balaban J connectivity index is 2.74. The van der Waals surface area contributed by atoms with Gasteiger partial charge in [0.1, 0.15) is 5.75 Å². The molecule has 0 saturated carbocycles. The highest BCUT2D eigenvalue weighted by molar-refractivity contribution is 9.10. The number of benzene rings is 1. The Kier molecular flexibility index (Phi) is 5.24. The molecular weight excluding hydrogens is 286 g/mol. The lowest BCUT2D eigenvalue weighted by molar-refractivity contribution is 0.0806. The summed E-state index contributed by atoms with van der Waals surface area (Å²) in [7, 11) is 1.61. The summed E-state index contributed by atoms with van der Waals surface area (Å²) in [6.45, 7) is 2.15. The van der Waals surface area contributed by atoms with Crippen LogP contribution in [-0.2, 0) is 0 Å². The number of aliphatic hydroxyl groups is 2. The smallest absolute Gasteiger partial charge is 0.121 e. The molecule has 0 heterocycles. The number of ether oxygens (including phenoxy) is 1. The predicted octanol–water partition coefficient (Wildman–Crippen LogP) is 1.86. The van der Waals surface area contributed by atoms with Crippen molar-refractivity contribution in [3.05, 3.63) is 22.7 Å². The van der Waals surface area contributed by atoms with Crippen LogP contribution in [-0.4, -0.2) is 37.1 Å². The van der Waals surface area contributed by atoms with Gasteiger partial charge in [-0.1, -0.05) is 6.92 Å². The normalized spacial score (nSPS) is 11.4. The first kappa shape index (κ1) is 14.3. The number of rotatable bonds is 6. The minimum absolute atomic E-state index is 0.0713. The Morgan fingerprint density at radius 3 is 2.53 bits per heavy atom. The van der Waals surface area contributed by atoms with E-state index in [4.69, 9.17) is 4.74 Å². The molecule has 1 aromatic carbocycles. The van der Waals surface area contributed by atoms with Gasteiger partial charge in [0.2, 0.25) is 0 Å². The van der Waals surface area contributed by atoms with Gasteiger partial charge in [0.05, 0.1) is 26.0 Å². The summed E-state index contributed by atoms with van der Waals surface area (Å²) >= 11 is 3.43. The molecular formula is C12H18BrNO3. The first-order chi connectivity index (χ1) is 8.04. The van der Waals surface area contributed by atoms with E-state index in [9.17, 15) is 10.2 Å². The number of anilines is 1. The van der Waals surface area contributed by atoms with Crippen molar-refractivity contribution in [3.63, 3.8) is 0 Å². The number of hydrogen-bond donors (Lipinski definition) is 3. The van der Waals surface area contributed by atoms with Crippen molar-refractivity contribution in [2.75, 3.05) is 32.2 Å². The molecule has 0 aliphatic rings. The second-order valence-electron chi connectivity index (χ2n) is 4.33. The maximum absolute atomic E-state index is 9.20. The van der Waals surface area contributed by atoms with Gasteiger partial charge in [-0.25, -0.2) is 0 Å². The van der Waals surface area contributed by atoms with E-state index in [1.54, 1.807) is 7.11 Å². The summed E-state index contributed by atoms with van der Waals surface area (Å²) in [5.41, 5.74) is 0.333. The van der Waals surface area contributed by atoms with Crippen LogP contribution in [0.5, 0.6) is 5.75 Å². The topological polar surface area (TPSA) is 61.7 Å². The van der Waals surface area contributed by atoms with E-state index < -0.39 is 5.41 Å². The van der Waals surface area contributed by atoms with Crippen LogP contribution < -0.4 is 10.1 Å². The molecule has 1 rings (SSSR count). The largest absolute Gasteiger partial charge is 0.497 e. The molecule has 0 aromatic heterocycles. The minimum atomic E-state index is -0.539. The van der Waals surface area contributed by atoms with Gasteiger partial charge in [-0.3, -0.25) is 0 Å². The number of hydrogen-bond acceptors (Lipinski definition) is 4. The Morgan fingerprint density at radius 2 is 2.00 bits per heavy atom. The van der Waals surface area contributed by atoms with E-state index in [1.165, 1.54) is 0 Å². The molecule has 0 bridgehead atoms. The number of halogens is 1. The third kappa shape index (κ3) is 3.87. The van der Waals surface area contributed by atoms with Gasteiger partial charge in [-0.2, -0.15) is 0 Å². The lowest BCUT2D eigenvalue weighted by Gasteiger charge is -2.25. The molecule has 0 saturated heterocycles. The molecule has 5 heteroatoms. The summed E-state index contributed by atoms with van der Waals surface area (Å²) in [6, 6.07) is 5.60. The summed E-state index contributed by atoms with van der Waals surface area (Å²) in [4.78, 5) is 0. The zero-order valence-corrected chi connectivity index (χ0v) is 11.6. The molecule has 0 aliphatic carbocycles. The number of aliphatic hydroxyl groups excluding tert-OH is 2. The van der Waals surface area contributed by atoms with E-state index in [0.717, 1.165) is 15.9 Å². The van der Waals surface area contributed by atoms with Gasteiger partial charge in [0, 0.05) is 22.5 Å².